The third-order valence-electron chi connectivity index (χ3n) is 4.01. The number of carbonyl (C=O) groups is 1. The smallest absolute Gasteiger partial charge is 0.349 e. The summed E-state index contributed by atoms with van der Waals surface area (Å²) in [5, 5.41) is 4.25. The van der Waals surface area contributed by atoms with Crippen LogP contribution in [0, 0.1) is 11.3 Å². The van der Waals surface area contributed by atoms with Crippen LogP contribution in [0.15, 0.2) is 6.20 Å². The molecule has 0 unspecified atom stereocenters. The van der Waals surface area contributed by atoms with Crippen LogP contribution in [0.4, 0.5) is 5.13 Å². The highest BCUT2D eigenvalue weighted by Gasteiger charge is 2.34. The van der Waals surface area contributed by atoms with Crippen LogP contribution < -0.4 is 5.32 Å². The van der Waals surface area contributed by atoms with Crippen LogP contribution in [-0.2, 0) is 4.74 Å². The van der Waals surface area contributed by atoms with Crippen LogP contribution in [0.3, 0.4) is 0 Å². The summed E-state index contributed by atoms with van der Waals surface area (Å²) in [6.07, 6.45) is 8.11. The predicted octanol–water partition coefficient (Wildman–Crippen LogP) is 3.95. The second kappa shape index (κ2) is 6.57. The maximum absolute atomic E-state index is 11.4. The number of carbonyl (C=O) groups excluding carboxylic acids is 1. The minimum absolute atomic E-state index is 0.312. The molecule has 4 nitrogen and oxygen atoms in total. The minimum Gasteiger partial charge on any atom is -0.465 e. The fraction of sp³-hybridized carbons (Fsp3) is 0.733. The number of esters is 1. The molecule has 5 heteroatoms. The van der Waals surface area contributed by atoms with Crippen molar-refractivity contribution in [3.63, 3.8) is 0 Å². The lowest BCUT2D eigenvalue weighted by Crippen LogP contribution is -2.28. The van der Waals surface area contributed by atoms with Crippen molar-refractivity contribution in [3.05, 3.63) is 11.1 Å². The average Bonchev–Trinajstić information content (AvgIpc) is 3.04. The summed E-state index contributed by atoms with van der Waals surface area (Å²) in [6, 6.07) is 0. The van der Waals surface area contributed by atoms with Gasteiger partial charge in [0.15, 0.2) is 5.13 Å². The zero-order valence-electron chi connectivity index (χ0n) is 12.6. The molecule has 0 aliphatic heterocycles. The number of hydrogen-bond acceptors (Lipinski definition) is 5. The number of thiazole rings is 1. The van der Waals surface area contributed by atoms with Crippen molar-refractivity contribution in [2.24, 2.45) is 11.3 Å². The van der Waals surface area contributed by atoms with Gasteiger partial charge in [0.2, 0.25) is 0 Å². The van der Waals surface area contributed by atoms with Crippen molar-refractivity contribution in [2.45, 2.75) is 46.0 Å². The lowest BCUT2D eigenvalue weighted by atomic mass is 9.78. The van der Waals surface area contributed by atoms with Gasteiger partial charge in [0.05, 0.1) is 13.3 Å². The fourth-order valence-electron chi connectivity index (χ4n) is 3.26. The molecule has 1 saturated carbocycles. The summed E-state index contributed by atoms with van der Waals surface area (Å²) >= 11 is 1.37. The van der Waals surface area contributed by atoms with Gasteiger partial charge >= 0.3 is 5.97 Å². The number of nitrogens with one attached hydrogen (secondary N) is 1. The van der Waals surface area contributed by atoms with Gasteiger partial charge in [0, 0.05) is 6.54 Å². The van der Waals surface area contributed by atoms with Crippen LogP contribution in [0.2, 0.25) is 0 Å². The normalized spacial score (nSPS) is 17.4. The number of aromatic nitrogens is 1. The Morgan fingerprint density at radius 1 is 1.50 bits per heavy atom. The van der Waals surface area contributed by atoms with E-state index in [1.54, 1.807) is 6.20 Å². The van der Waals surface area contributed by atoms with Gasteiger partial charge in [-0.1, -0.05) is 38.0 Å². The molecule has 2 rings (SSSR count). The number of nitrogens with zero attached hydrogens (tertiary/aromatic N) is 1. The molecule has 1 N–H and O–H groups in total. The second-order valence-corrected chi connectivity index (χ2v) is 7.21. The van der Waals surface area contributed by atoms with E-state index < -0.39 is 0 Å². The molecule has 1 fully saturated rings. The van der Waals surface area contributed by atoms with E-state index in [2.05, 4.69) is 24.1 Å². The zero-order chi connectivity index (χ0) is 14.6. The Labute approximate surface area is 124 Å². The Kier molecular flexibility index (Phi) is 5.02. The molecule has 112 valence electrons. The van der Waals surface area contributed by atoms with Gasteiger partial charge in [-0.2, -0.15) is 0 Å². The van der Waals surface area contributed by atoms with Gasteiger partial charge in [0.25, 0.3) is 0 Å². The minimum atomic E-state index is -0.312. The van der Waals surface area contributed by atoms with Gasteiger partial charge in [-0.15, -0.1) is 0 Å². The van der Waals surface area contributed by atoms with Crippen LogP contribution in [0.25, 0.3) is 0 Å². The number of rotatable bonds is 6. The van der Waals surface area contributed by atoms with Crippen molar-refractivity contribution in [1.29, 1.82) is 0 Å². The molecule has 0 saturated heterocycles. The molecular formula is C15H24N2O2S. The Bertz CT molecular complexity index is 450. The molecule has 1 heterocycles. The molecule has 1 aliphatic rings. The summed E-state index contributed by atoms with van der Waals surface area (Å²) in [4.78, 5) is 16.2. The number of methoxy groups -OCH3 is 1. The van der Waals surface area contributed by atoms with E-state index in [1.807, 2.05) is 0 Å². The highest BCUT2D eigenvalue weighted by Crippen LogP contribution is 2.43. The van der Waals surface area contributed by atoms with E-state index in [9.17, 15) is 4.79 Å². The van der Waals surface area contributed by atoms with Crippen LogP contribution in [-0.4, -0.2) is 24.6 Å². The van der Waals surface area contributed by atoms with Crippen molar-refractivity contribution in [2.75, 3.05) is 19.0 Å². The Morgan fingerprint density at radius 3 is 2.80 bits per heavy atom. The summed E-state index contributed by atoms with van der Waals surface area (Å²) in [5.74, 6) is 0.408. The third kappa shape index (κ3) is 3.72. The number of anilines is 1. The first-order valence-electron chi connectivity index (χ1n) is 7.33. The van der Waals surface area contributed by atoms with Crippen LogP contribution in [0.1, 0.15) is 55.6 Å². The Hall–Kier alpha value is -1.10. The maximum Gasteiger partial charge on any atom is 0.349 e. The highest BCUT2D eigenvalue weighted by atomic mass is 32.1. The van der Waals surface area contributed by atoms with Crippen molar-refractivity contribution in [1.82, 2.24) is 4.98 Å². The molecular weight excluding hydrogens is 272 g/mol. The summed E-state index contributed by atoms with van der Waals surface area (Å²) < 4.78 is 4.70. The van der Waals surface area contributed by atoms with Crippen molar-refractivity contribution < 1.29 is 9.53 Å². The Balaban J connectivity index is 1.95. The molecule has 1 aromatic heterocycles. The second-order valence-electron chi connectivity index (χ2n) is 6.18. The van der Waals surface area contributed by atoms with Gasteiger partial charge in [0.1, 0.15) is 4.88 Å². The number of hydrogen-bond donors (Lipinski definition) is 1. The van der Waals surface area contributed by atoms with E-state index in [-0.39, 0.29) is 5.97 Å². The molecule has 1 aliphatic carbocycles. The van der Waals surface area contributed by atoms with Gasteiger partial charge in [-0.25, -0.2) is 9.78 Å². The largest absolute Gasteiger partial charge is 0.465 e. The van der Waals surface area contributed by atoms with Gasteiger partial charge in [-0.3, -0.25) is 0 Å². The van der Waals surface area contributed by atoms with E-state index in [1.165, 1.54) is 50.6 Å². The monoisotopic (exact) mass is 296 g/mol. The quantitative estimate of drug-likeness (QED) is 0.808. The van der Waals surface area contributed by atoms with E-state index >= 15 is 0 Å². The van der Waals surface area contributed by atoms with E-state index in [4.69, 9.17) is 4.74 Å². The SMILES string of the molecule is COC(=O)c1cnc(NCC2(CC(C)C)CCCC2)s1. The Morgan fingerprint density at radius 2 is 2.20 bits per heavy atom. The molecule has 0 atom stereocenters. The molecule has 0 radical (unpaired) electrons. The first-order chi connectivity index (χ1) is 9.54. The molecule has 0 aromatic carbocycles. The topological polar surface area (TPSA) is 51.2 Å². The highest BCUT2D eigenvalue weighted by molar-refractivity contribution is 7.17. The summed E-state index contributed by atoms with van der Waals surface area (Å²) in [5.41, 5.74) is 0.408. The first kappa shape index (κ1) is 15.3. The predicted molar refractivity (Wildman–Crippen MR) is 82.3 cm³/mol. The third-order valence-corrected chi connectivity index (χ3v) is 4.95. The van der Waals surface area contributed by atoms with Crippen molar-refractivity contribution >= 4 is 22.4 Å². The van der Waals surface area contributed by atoms with Gasteiger partial charge < -0.3 is 10.1 Å². The molecule has 0 spiro atoms. The maximum atomic E-state index is 11.4. The standard InChI is InChI=1S/C15H24N2O2S/c1-11(2)8-15(6-4-5-7-15)10-17-14-16-9-12(20-14)13(18)19-3/h9,11H,4-8,10H2,1-3H3,(H,16,17). The zero-order valence-corrected chi connectivity index (χ0v) is 13.4. The van der Waals surface area contributed by atoms with Crippen molar-refractivity contribution in [3.8, 4) is 0 Å². The van der Waals surface area contributed by atoms with Crippen LogP contribution in [0.5, 0.6) is 0 Å². The molecule has 20 heavy (non-hydrogen) atoms. The summed E-state index contributed by atoms with van der Waals surface area (Å²) in [7, 11) is 1.39. The van der Waals surface area contributed by atoms with Crippen LogP contribution >= 0.6 is 11.3 Å². The van der Waals surface area contributed by atoms with Gasteiger partial charge in [-0.05, 0) is 30.6 Å². The lowest BCUT2D eigenvalue weighted by Gasteiger charge is -2.31. The lowest BCUT2D eigenvalue weighted by molar-refractivity contribution is 0.0606. The molecule has 0 amide bonds. The first-order valence-corrected chi connectivity index (χ1v) is 8.14. The summed E-state index contributed by atoms with van der Waals surface area (Å²) in [6.45, 7) is 5.54. The fourth-order valence-corrected chi connectivity index (χ4v) is 3.99. The average molecular weight is 296 g/mol. The number of ether oxygens (including phenoxy) is 1. The van der Waals surface area contributed by atoms with E-state index in [0.29, 0.717) is 10.3 Å². The molecule has 1 aromatic rings. The molecule has 0 bridgehead atoms. The van der Waals surface area contributed by atoms with E-state index in [0.717, 1.165) is 17.6 Å².